The summed E-state index contributed by atoms with van der Waals surface area (Å²) in [6, 6.07) is 20.7. The third-order valence-corrected chi connectivity index (χ3v) is 6.95. The Balaban J connectivity index is 1.96. The van der Waals surface area contributed by atoms with Crippen LogP contribution in [0.5, 0.6) is 0 Å². The maximum Gasteiger partial charge on any atom is 0.0449 e. The molecule has 0 bridgehead atoms. The molecule has 162 valence electrons. The molecule has 0 amide bonds. The number of anilines is 2. The average Bonchev–Trinajstić information content (AvgIpc) is 2.89. The fourth-order valence-electron chi connectivity index (χ4n) is 5.18. The molecule has 0 saturated heterocycles. The summed E-state index contributed by atoms with van der Waals surface area (Å²) in [5.74, 6) is 0.537. The summed E-state index contributed by atoms with van der Waals surface area (Å²) < 4.78 is 0. The van der Waals surface area contributed by atoms with Crippen LogP contribution in [0.25, 0.3) is 11.1 Å². The van der Waals surface area contributed by atoms with E-state index in [4.69, 9.17) is 0 Å². The molecule has 0 unspecified atom stereocenters. The van der Waals surface area contributed by atoms with Crippen LogP contribution in [0.15, 0.2) is 54.6 Å². The Morgan fingerprint density at radius 2 is 1.39 bits per heavy atom. The van der Waals surface area contributed by atoms with Crippen LogP contribution in [0.4, 0.5) is 11.4 Å². The van der Waals surface area contributed by atoms with Gasteiger partial charge in [-0.1, -0.05) is 64.1 Å². The Morgan fingerprint density at radius 1 is 0.742 bits per heavy atom. The topological polar surface area (TPSA) is 3.24 Å². The molecule has 3 aromatic carbocycles. The van der Waals surface area contributed by atoms with E-state index in [0.29, 0.717) is 5.92 Å². The van der Waals surface area contributed by atoms with Gasteiger partial charge in [0.25, 0.3) is 0 Å². The summed E-state index contributed by atoms with van der Waals surface area (Å²) in [5.41, 5.74) is 12.3. The third-order valence-electron chi connectivity index (χ3n) is 6.95. The van der Waals surface area contributed by atoms with E-state index in [1.54, 1.807) is 0 Å². The molecule has 1 aliphatic carbocycles. The highest BCUT2D eigenvalue weighted by atomic mass is 15.2. The van der Waals surface area contributed by atoms with Crippen LogP contribution in [0.3, 0.4) is 0 Å². The summed E-state index contributed by atoms with van der Waals surface area (Å²) in [6.07, 6.45) is 0. The minimum atomic E-state index is -0.0362. The predicted molar refractivity (Wildman–Crippen MR) is 136 cm³/mol. The first-order chi connectivity index (χ1) is 14.4. The zero-order valence-corrected chi connectivity index (χ0v) is 20.7. The number of fused-ring (bicyclic) bond motifs is 3. The van der Waals surface area contributed by atoms with E-state index < -0.39 is 0 Å². The summed E-state index contributed by atoms with van der Waals surface area (Å²) in [4.78, 5) is 2.52. The van der Waals surface area contributed by atoms with E-state index in [0.717, 1.165) is 0 Å². The lowest BCUT2D eigenvalue weighted by Gasteiger charge is -2.40. The lowest BCUT2D eigenvalue weighted by Crippen LogP contribution is -2.38. The normalized spacial score (nSPS) is 14.5. The van der Waals surface area contributed by atoms with Gasteiger partial charge in [-0.25, -0.2) is 0 Å². The first kappa shape index (κ1) is 21.7. The number of hydrogen-bond donors (Lipinski definition) is 0. The SMILES string of the molecule is Cc1ccccc1N(c1cc2c(cc1C)-c1cc(C(C)C)ccc1C2(C)C)C(C)(C)C. The van der Waals surface area contributed by atoms with Crippen LogP contribution in [-0.4, -0.2) is 5.54 Å². The second-order valence-corrected chi connectivity index (χ2v) is 11.1. The van der Waals surface area contributed by atoms with Crippen molar-refractivity contribution in [1.82, 2.24) is 0 Å². The third kappa shape index (κ3) is 3.49. The van der Waals surface area contributed by atoms with E-state index in [9.17, 15) is 0 Å². The summed E-state index contributed by atoms with van der Waals surface area (Å²) >= 11 is 0. The molecule has 0 radical (unpaired) electrons. The van der Waals surface area contributed by atoms with Crippen molar-refractivity contribution in [3.05, 3.63) is 82.4 Å². The number of para-hydroxylation sites is 1. The molecular formula is C30H37N. The average molecular weight is 412 g/mol. The molecule has 0 N–H and O–H groups in total. The van der Waals surface area contributed by atoms with Crippen molar-refractivity contribution in [3.63, 3.8) is 0 Å². The van der Waals surface area contributed by atoms with E-state index >= 15 is 0 Å². The predicted octanol–water partition coefficient (Wildman–Crippen LogP) is 8.67. The van der Waals surface area contributed by atoms with Gasteiger partial charge >= 0.3 is 0 Å². The minimum Gasteiger partial charge on any atom is -0.336 e. The standard InChI is InChI=1S/C30H37N/c1-19(2)22-14-15-25-24(17-22)23-16-21(4)28(18-26(23)30(25,8)9)31(29(5,6)7)27-13-11-10-12-20(27)3/h10-19H,1-9H3. The van der Waals surface area contributed by atoms with E-state index in [1.807, 2.05) is 0 Å². The zero-order valence-electron chi connectivity index (χ0n) is 20.7. The molecule has 1 heteroatoms. The van der Waals surface area contributed by atoms with Crippen LogP contribution >= 0.6 is 0 Å². The number of benzene rings is 3. The summed E-state index contributed by atoms with van der Waals surface area (Å²) in [5, 5.41) is 0. The summed E-state index contributed by atoms with van der Waals surface area (Å²) in [7, 11) is 0. The molecule has 31 heavy (non-hydrogen) atoms. The quantitative estimate of drug-likeness (QED) is 0.417. The zero-order chi connectivity index (χ0) is 22.7. The number of nitrogens with zero attached hydrogens (tertiary/aromatic N) is 1. The van der Waals surface area contributed by atoms with Crippen molar-refractivity contribution >= 4 is 11.4 Å². The maximum absolute atomic E-state index is 2.52. The van der Waals surface area contributed by atoms with Gasteiger partial charge in [-0.05, 0) is 97.7 Å². The molecule has 0 aliphatic heterocycles. The Kier molecular flexibility index (Phi) is 5.08. The van der Waals surface area contributed by atoms with Crippen molar-refractivity contribution in [2.24, 2.45) is 0 Å². The smallest absolute Gasteiger partial charge is 0.0449 e. The number of rotatable bonds is 3. The van der Waals surface area contributed by atoms with Gasteiger partial charge in [-0.2, -0.15) is 0 Å². The minimum absolute atomic E-state index is 0.00207. The van der Waals surface area contributed by atoms with Crippen LogP contribution < -0.4 is 4.90 Å². The fraction of sp³-hybridized carbons (Fsp3) is 0.400. The van der Waals surface area contributed by atoms with Crippen molar-refractivity contribution < 1.29 is 0 Å². The Hall–Kier alpha value is -2.54. The number of aryl methyl sites for hydroxylation is 2. The van der Waals surface area contributed by atoms with Gasteiger partial charge in [0.1, 0.15) is 0 Å². The van der Waals surface area contributed by atoms with Crippen molar-refractivity contribution in [3.8, 4) is 11.1 Å². The molecule has 0 heterocycles. The molecular weight excluding hydrogens is 374 g/mol. The molecule has 0 fully saturated rings. The first-order valence-electron chi connectivity index (χ1n) is 11.6. The van der Waals surface area contributed by atoms with Crippen LogP contribution in [0, 0.1) is 13.8 Å². The van der Waals surface area contributed by atoms with Gasteiger partial charge in [-0.15, -0.1) is 0 Å². The van der Waals surface area contributed by atoms with Crippen LogP contribution in [0.2, 0.25) is 0 Å². The molecule has 3 aromatic rings. The fourth-order valence-corrected chi connectivity index (χ4v) is 5.18. The molecule has 4 rings (SSSR count). The van der Waals surface area contributed by atoms with Gasteiger partial charge in [-0.3, -0.25) is 0 Å². The molecule has 1 aliphatic rings. The monoisotopic (exact) mass is 411 g/mol. The Bertz CT molecular complexity index is 1140. The van der Waals surface area contributed by atoms with Gasteiger partial charge in [0, 0.05) is 22.3 Å². The molecule has 0 atom stereocenters. The van der Waals surface area contributed by atoms with Crippen LogP contribution in [0.1, 0.15) is 82.2 Å². The van der Waals surface area contributed by atoms with Crippen molar-refractivity contribution in [1.29, 1.82) is 0 Å². The lowest BCUT2D eigenvalue weighted by atomic mass is 9.81. The second kappa shape index (κ2) is 7.26. The van der Waals surface area contributed by atoms with Crippen LogP contribution in [-0.2, 0) is 5.41 Å². The molecule has 0 spiro atoms. The first-order valence-corrected chi connectivity index (χ1v) is 11.6. The van der Waals surface area contributed by atoms with Crippen molar-refractivity contribution in [2.45, 2.75) is 79.2 Å². The van der Waals surface area contributed by atoms with Crippen molar-refractivity contribution in [2.75, 3.05) is 4.90 Å². The number of hydrogen-bond acceptors (Lipinski definition) is 1. The highest BCUT2D eigenvalue weighted by Gasteiger charge is 2.37. The second-order valence-electron chi connectivity index (χ2n) is 11.1. The van der Waals surface area contributed by atoms with Gasteiger partial charge < -0.3 is 4.90 Å². The van der Waals surface area contributed by atoms with Gasteiger partial charge in [0.05, 0.1) is 0 Å². The van der Waals surface area contributed by atoms with Gasteiger partial charge in [0.15, 0.2) is 0 Å². The Morgan fingerprint density at radius 3 is 2.00 bits per heavy atom. The van der Waals surface area contributed by atoms with E-state index in [-0.39, 0.29) is 11.0 Å². The largest absolute Gasteiger partial charge is 0.336 e. The lowest BCUT2D eigenvalue weighted by molar-refractivity contribution is 0.557. The molecule has 1 nitrogen and oxygen atoms in total. The molecule has 0 saturated carbocycles. The highest BCUT2D eigenvalue weighted by molar-refractivity contribution is 5.85. The molecule has 0 aromatic heterocycles. The maximum atomic E-state index is 2.52. The summed E-state index contributed by atoms with van der Waals surface area (Å²) in [6.45, 7) is 20.7. The highest BCUT2D eigenvalue weighted by Crippen LogP contribution is 2.52. The van der Waals surface area contributed by atoms with E-state index in [2.05, 4.69) is 122 Å². The van der Waals surface area contributed by atoms with E-state index in [1.165, 1.54) is 50.3 Å². The Labute approximate surface area is 189 Å². The van der Waals surface area contributed by atoms with Gasteiger partial charge in [0.2, 0.25) is 0 Å².